The minimum atomic E-state index is -0.125. The molecule has 0 aliphatic heterocycles. The Morgan fingerprint density at radius 3 is 1.00 bits per heavy atom. The van der Waals surface area contributed by atoms with E-state index < -0.39 is 0 Å². The number of hydrogen-bond donors (Lipinski definition) is 2. The molecule has 0 aliphatic carbocycles. The van der Waals surface area contributed by atoms with Crippen LogP contribution in [0.4, 0.5) is 0 Å². The van der Waals surface area contributed by atoms with Gasteiger partial charge in [0, 0.05) is 0 Å². The highest BCUT2D eigenvalue weighted by molar-refractivity contribution is 4.79. The Kier molecular flexibility index (Phi) is 20.0. The van der Waals surface area contributed by atoms with Crippen molar-refractivity contribution in [3.05, 3.63) is 50.6 Å². The molecule has 0 radical (unpaired) electrons. The van der Waals surface area contributed by atoms with E-state index >= 15 is 0 Å². The molecule has 0 bridgehead atoms. The van der Waals surface area contributed by atoms with Gasteiger partial charge in [0.1, 0.15) is 0 Å². The molecule has 0 aliphatic rings. The van der Waals surface area contributed by atoms with Gasteiger partial charge in [-0.15, -0.1) is 0 Å². The Morgan fingerprint density at radius 1 is 0.667 bits per heavy atom. The van der Waals surface area contributed by atoms with Gasteiger partial charge in [-0.05, 0) is 24.3 Å². The van der Waals surface area contributed by atoms with E-state index in [1.54, 1.807) is 0 Å². The highest BCUT2D eigenvalue weighted by Crippen LogP contribution is 2.07. The Bertz CT molecular complexity index is 182. The Morgan fingerprint density at radius 2 is 0.889 bits per heavy atom. The van der Waals surface area contributed by atoms with E-state index in [4.69, 9.17) is 10.2 Å². The lowest BCUT2D eigenvalue weighted by Gasteiger charge is -2.35. The summed E-state index contributed by atoms with van der Waals surface area (Å²) < 4.78 is 0.903. The van der Waals surface area contributed by atoms with E-state index in [2.05, 4.69) is 26.3 Å². The Balaban J connectivity index is -0.000000392. The van der Waals surface area contributed by atoms with E-state index in [0.29, 0.717) is 0 Å². The maximum Gasteiger partial charge on any atom is 0.0978 e. The number of halogens is 1. The van der Waals surface area contributed by atoms with Crippen molar-refractivity contribution in [3.8, 4) is 0 Å². The molecule has 0 aromatic rings. The van der Waals surface area contributed by atoms with Gasteiger partial charge >= 0.3 is 0 Å². The van der Waals surface area contributed by atoms with Crippen LogP contribution >= 0.6 is 0 Å². The molecule has 0 aromatic heterocycles. The zero-order valence-corrected chi connectivity index (χ0v) is 11.9. The lowest BCUT2D eigenvalue weighted by Crippen LogP contribution is -3.00. The molecule has 0 spiro atoms. The van der Waals surface area contributed by atoms with Crippen LogP contribution in [0.25, 0.3) is 0 Å². The number of aliphatic hydroxyl groups is 2. The maximum atomic E-state index is 7.62. The summed E-state index contributed by atoms with van der Waals surface area (Å²) in [6.45, 7) is 18.6. The molecule has 0 amide bonds. The molecule has 0 saturated heterocycles. The van der Waals surface area contributed by atoms with E-state index in [-0.39, 0.29) is 25.6 Å². The minimum absolute atomic E-state index is 0. The van der Waals surface area contributed by atoms with Crippen LogP contribution in [0.5, 0.6) is 0 Å². The van der Waals surface area contributed by atoms with Gasteiger partial charge in [-0.25, -0.2) is 0 Å². The van der Waals surface area contributed by atoms with Gasteiger partial charge in [0.25, 0.3) is 0 Å². The fourth-order valence-electron chi connectivity index (χ4n) is 1.54. The smallest absolute Gasteiger partial charge is 0.0978 e. The fraction of sp³-hybridized carbons (Fsp3) is 0.429. The number of rotatable bonds is 9. The number of nitrogens with zero attached hydrogens (tertiary/aromatic N) is 1. The van der Waals surface area contributed by atoms with Gasteiger partial charge in [0.2, 0.25) is 0 Å². The summed E-state index contributed by atoms with van der Waals surface area (Å²) in [5.74, 6) is 0. The molecule has 18 heavy (non-hydrogen) atoms. The minimum Gasteiger partial charge on any atom is -1.00 e. The second kappa shape index (κ2) is 16.1. The van der Waals surface area contributed by atoms with E-state index in [1.807, 2.05) is 24.3 Å². The van der Waals surface area contributed by atoms with Crippen LogP contribution in [0.2, 0.25) is 0 Å². The van der Waals surface area contributed by atoms with Crippen LogP contribution in [0.1, 0.15) is 0 Å². The highest BCUT2D eigenvalue weighted by Gasteiger charge is 2.20. The maximum absolute atomic E-state index is 7.62. The van der Waals surface area contributed by atoms with E-state index in [9.17, 15) is 0 Å². The molecule has 0 rings (SSSR count). The Hall–Kier alpha value is -0.870. The van der Waals surface area contributed by atoms with Crippen molar-refractivity contribution >= 4 is 0 Å². The molecule has 2 N–H and O–H groups in total. The van der Waals surface area contributed by atoms with Gasteiger partial charge < -0.3 is 27.1 Å². The molecule has 0 fully saturated rings. The van der Waals surface area contributed by atoms with Crippen molar-refractivity contribution in [1.82, 2.24) is 0 Å². The number of quaternary nitrogens is 1. The zero-order chi connectivity index (χ0) is 13.6. The monoisotopic (exact) mass is 275 g/mol. The van der Waals surface area contributed by atoms with Crippen LogP contribution in [0.3, 0.4) is 0 Å². The van der Waals surface area contributed by atoms with E-state index in [1.165, 1.54) is 0 Å². The van der Waals surface area contributed by atoms with Crippen molar-refractivity contribution in [2.75, 3.05) is 39.4 Å². The molecule has 0 aromatic carbocycles. The first kappa shape index (κ1) is 22.3. The number of hydrogen-bond acceptors (Lipinski definition) is 2. The zero-order valence-electron chi connectivity index (χ0n) is 11.1. The summed E-state index contributed by atoms with van der Waals surface area (Å²) in [7, 11) is 0. The van der Waals surface area contributed by atoms with Crippen LogP contribution in [-0.2, 0) is 0 Å². The molecule has 4 heteroatoms. The SMILES string of the molecule is C=CC[N+](CC=C)(CC=C)CC=C.OCCO.[Cl-]. The average molecular weight is 276 g/mol. The number of aliphatic hydroxyl groups excluding tert-OH is 2. The van der Waals surface area contributed by atoms with E-state index in [0.717, 1.165) is 30.7 Å². The predicted molar refractivity (Wildman–Crippen MR) is 74.7 cm³/mol. The molecular formula is C14H26ClNO2. The van der Waals surface area contributed by atoms with Gasteiger partial charge in [-0.1, -0.05) is 26.3 Å². The average Bonchev–Trinajstić information content (AvgIpc) is 2.31. The third-order valence-corrected chi connectivity index (χ3v) is 2.17. The summed E-state index contributed by atoms with van der Waals surface area (Å²) in [4.78, 5) is 0. The van der Waals surface area contributed by atoms with Crippen LogP contribution < -0.4 is 12.4 Å². The van der Waals surface area contributed by atoms with Gasteiger partial charge in [-0.2, -0.15) is 0 Å². The third-order valence-electron chi connectivity index (χ3n) is 2.17. The molecular weight excluding hydrogens is 250 g/mol. The topological polar surface area (TPSA) is 40.5 Å². The van der Waals surface area contributed by atoms with Crippen molar-refractivity contribution in [2.24, 2.45) is 0 Å². The fourth-order valence-corrected chi connectivity index (χ4v) is 1.54. The highest BCUT2D eigenvalue weighted by atomic mass is 35.5. The van der Waals surface area contributed by atoms with Crippen molar-refractivity contribution in [2.45, 2.75) is 0 Å². The van der Waals surface area contributed by atoms with Crippen LogP contribution in [0.15, 0.2) is 50.6 Å². The molecule has 3 nitrogen and oxygen atoms in total. The lowest BCUT2D eigenvalue weighted by molar-refractivity contribution is -0.906. The second-order valence-electron chi connectivity index (χ2n) is 3.67. The summed E-state index contributed by atoms with van der Waals surface area (Å²) in [5, 5.41) is 15.2. The lowest BCUT2D eigenvalue weighted by atomic mass is 10.3. The summed E-state index contributed by atoms with van der Waals surface area (Å²) in [6, 6.07) is 0. The first-order valence-electron chi connectivity index (χ1n) is 5.66. The predicted octanol–water partition coefficient (Wildman–Crippen LogP) is -1.48. The van der Waals surface area contributed by atoms with Crippen molar-refractivity contribution < 1.29 is 27.1 Å². The standard InChI is InChI=1S/C12H20N.C2H6O2.ClH/c1-5-9-13(10-6-2,11-7-3)12-8-4;3-1-2-4;/h5-8H,1-4,9-12H2;3-4H,1-2H2;1H/q+1;;/p-1. The summed E-state index contributed by atoms with van der Waals surface area (Å²) in [6.07, 6.45) is 7.76. The molecule has 106 valence electrons. The van der Waals surface area contributed by atoms with Crippen LogP contribution in [-0.4, -0.2) is 54.1 Å². The first-order chi connectivity index (χ1) is 8.16. The Labute approximate surface area is 117 Å². The normalized spacial score (nSPS) is 9.22. The third kappa shape index (κ3) is 11.6. The largest absolute Gasteiger partial charge is 1.00 e. The summed E-state index contributed by atoms with van der Waals surface area (Å²) >= 11 is 0. The van der Waals surface area contributed by atoms with Gasteiger partial charge in [0.05, 0.1) is 39.4 Å². The quantitative estimate of drug-likeness (QED) is 0.398. The molecule has 0 unspecified atom stereocenters. The molecule has 0 atom stereocenters. The molecule has 0 heterocycles. The van der Waals surface area contributed by atoms with Gasteiger partial charge in [0.15, 0.2) is 0 Å². The molecule has 0 saturated carbocycles. The van der Waals surface area contributed by atoms with Crippen molar-refractivity contribution in [1.29, 1.82) is 0 Å². The second-order valence-corrected chi connectivity index (χ2v) is 3.67. The van der Waals surface area contributed by atoms with Crippen molar-refractivity contribution in [3.63, 3.8) is 0 Å². The first-order valence-corrected chi connectivity index (χ1v) is 5.66. The summed E-state index contributed by atoms with van der Waals surface area (Å²) in [5.41, 5.74) is 0. The van der Waals surface area contributed by atoms with Gasteiger partial charge in [-0.3, -0.25) is 0 Å². The van der Waals surface area contributed by atoms with Crippen LogP contribution in [0, 0.1) is 0 Å².